The van der Waals surface area contributed by atoms with Gasteiger partial charge in [-0.15, -0.1) is 0 Å². The first-order chi connectivity index (χ1) is 8.03. The third-order valence-corrected chi connectivity index (χ3v) is 3.54. The molecule has 1 aliphatic rings. The third kappa shape index (κ3) is 2.02. The fourth-order valence-electron chi connectivity index (χ4n) is 2.28. The van der Waals surface area contributed by atoms with E-state index in [0.717, 1.165) is 34.4 Å². The van der Waals surface area contributed by atoms with Gasteiger partial charge in [-0.05, 0) is 23.6 Å². The molecule has 1 fully saturated rings. The summed E-state index contributed by atoms with van der Waals surface area (Å²) in [6.45, 7) is 6.60. The van der Waals surface area contributed by atoms with Crippen LogP contribution >= 0.6 is 15.9 Å². The van der Waals surface area contributed by atoms with Gasteiger partial charge in [0.05, 0.1) is 5.52 Å². The number of nitrogens with zero attached hydrogens (tertiary/aromatic N) is 3. The van der Waals surface area contributed by atoms with Crippen molar-refractivity contribution in [1.82, 2.24) is 9.97 Å². The number of anilines is 1. The van der Waals surface area contributed by atoms with Crippen LogP contribution in [0.5, 0.6) is 0 Å². The van der Waals surface area contributed by atoms with Crippen molar-refractivity contribution in [2.24, 2.45) is 5.41 Å². The highest BCUT2D eigenvalue weighted by molar-refractivity contribution is 9.10. The highest BCUT2D eigenvalue weighted by Gasteiger charge is 2.35. The standard InChI is InChI=1S/C13H14BrN3/c1-13(2)7-17(8-13)12-15-6-9-5-10(14)3-4-11(9)16-12/h3-6H,7-8H2,1-2H3. The summed E-state index contributed by atoms with van der Waals surface area (Å²) in [5.41, 5.74) is 1.40. The lowest BCUT2D eigenvalue weighted by Gasteiger charge is -2.45. The first kappa shape index (κ1) is 11.0. The van der Waals surface area contributed by atoms with Crippen molar-refractivity contribution in [3.8, 4) is 0 Å². The van der Waals surface area contributed by atoms with Gasteiger partial charge in [0.15, 0.2) is 0 Å². The van der Waals surface area contributed by atoms with Crippen LogP contribution in [0, 0.1) is 5.41 Å². The van der Waals surface area contributed by atoms with Crippen molar-refractivity contribution in [2.75, 3.05) is 18.0 Å². The Balaban J connectivity index is 1.95. The molecule has 1 aromatic carbocycles. The summed E-state index contributed by atoms with van der Waals surface area (Å²) in [5.74, 6) is 0.846. The van der Waals surface area contributed by atoms with Gasteiger partial charge in [0.25, 0.3) is 0 Å². The van der Waals surface area contributed by atoms with Crippen LogP contribution in [0.3, 0.4) is 0 Å². The zero-order valence-corrected chi connectivity index (χ0v) is 11.5. The summed E-state index contributed by atoms with van der Waals surface area (Å²) in [7, 11) is 0. The molecule has 0 atom stereocenters. The molecule has 1 aliphatic heterocycles. The van der Waals surface area contributed by atoms with Gasteiger partial charge in [-0.3, -0.25) is 0 Å². The minimum Gasteiger partial charge on any atom is -0.340 e. The van der Waals surface area contributed by atoms with Crippen molar-refractivity contribution in [3.05, 3.63) is 28.9 Å². The molecule has 4 heteroatoms. The molecule has 2 aromatic rings. The van der Waals surface area contributed by atoms with E-state index in [4.69, 9.17) is 0 Å². The summed E-state index contributed by atoms with van der Waals surface area (Å²) in [6.07, 6.45) is 1.90. The molecule has 0 unspecified atom stereocenters. The summed E-state index contributed by atoms with van der Waals surface area (Å²) >= 11 is 3.45. The first-order valence-electron chi connectivity index (χ1n) is 5.71. The van der Waals surface area contributed by atoms with E-state index in [-0.39, 0.29) is 0 Å². The number of hydrogen-bond donors (Lipinski definition) is 0. The van der Waals surface area contributed by atoms with Crippen LogP contribution in [-0.4, -0.2) is 23.1 Å². The molecule has 1 aromatic heterocycles. The zero-order valence-electron chi connectivity index (χ0n) is 9.94. The molecule has 17 heavy (non-hydrogen) atoms. The SMILES string of the molecule is CC1(C)CN(c2ncc3cc(Br)ccc3n2)C1. The Morgan fingerprint density at radius 3 is 2.76 bits per heavy atom. The van der Waals surface area contributed by atoms with Crippen molar-refractivity contribution in [2.45, 2.75) is 13.8 Å². The predicted molar refractivity (Wildman–Crippen MR) is 73.2 cm³/mol. The van der Waals surface area contributed by atoms with Gasteiger partial charge in [-0.2, -0.15) is 0 Å². The van der Waals surface area contributed by atoms with Gasteiger partial charge < -0.3 is 4.90 Å². The molecule has 2 heterocycles. The molecule has 1 saturated heterocycles. The van der Waals surface area contributed by atoms with Gasteiger partial charge >= 0.3 is 0 Å². The molecule has 0 amide bonds. The Hall–Kier alpha value is -1.16. The molecule has 0 radical (unpaired) electrons. The summed E-state index contributed by atoms with van der Waals surface area (Å²) in [6, 6.07) is 6.08. The quantitative estimate of drug-likeness (QED) is 0.808. The maximum atomic E-state index is 4.60. The minimum absolute atomic E-state index is 0.401. The predicted octanol–water partition coefficient (Wildman–Crippen LogP) is 3.24. The van der Waals surface area contributed by atoms with Crippen LogP contribution in [0.15, 0.2) is 28.9 Å². The Labute approximate surface area is 109 Å². The topological polar surface area (TPSA) is 29.0 Å². The van der Waals surface area contributed by atoms with Crippen LogP contribution < -0.4 is 4.90 Å². The van der Waals surface area contributed by atoms with Gasteiger partial charge in [0, 0.05) is 29.1 Å². The second-order valence-corrected chi connectivity index (χ2v) is 6.31. The monoisotopic (exact) mass is 291 g/mol. The molecule has 3 nitrogen and oxygen atoms in total. The van der Waals surface area contributed by atoms with Crippen molar-refractivity contribution < 1.29 is 0 Å². The molecular weight excluding hydrogens is 278 g/mol. The maximum absolute atomic E-state index is 4.60. The van der Waals surface area contributed by atoms with Gasteiger partial charge in [0.2, 0.25) is 5.95 Å². The fourth-order valence-corrected chi connectivity index (χ4v) is 2.65. The fraction of sp³-hybridized carbons (Fsp3) is 0.385. The van der Waals surface area contributed by atoms with E-state index < -0.39 is 0 Å². The Bertz CT molecular complexity index is 572. The molecule has 88 valence electrons. The van der Waals surface area contributed by atoms with E-state index >= 15 is 0 Å². The number of rotatable bonds is 1. The van der Waals surface area contributed by atoms with Crippen molar-refractivity contribution in [1.29, 1.82) is 0 Å². The largest absolute Gasteiger partial charge is 0.340 e. The van der Waals surface area contributed by atoms with E-state index in [1.165, 1.54) is 0 Å². The number of fused-ring (bicyclic) bond motifs is 1. The lowest BCUT2D eigenvalue weighted by molar-refractivity contribution is 0.272. The molecule has 0 aliphatic carbocycles. The van der Waals surface area contributed by atoms with Crippen LogP contribution in [0.2, 0.25) is 0 Å². The highest BCUT2D eigenvalue weighted by Crippen LogP contribution is 2.32. The zero-order chi connectivity index (χ0) is 12.0. The van der Waals surface area contributed by atoms with Gasteiger partial charge in [-0.1, -0.05) is 29.8 Å². The molecule has 0 spiro atoms. The van der Waals surface area contributed by atoms with Crippen molar-refractivity contribution >= 4 is 32.8 Å². The molecule has 0 bridgehead atoms. The second-order valence-electron chi connectivity index (χ2n) is 5.39. The molecule has 3 rings (SSSR count). The minimum atomic E-state index is 0.401. The van der Waals surface area contributed by atoms with Crippen LogP contribution in [0.4, 0.5) is 5.95 Å². The highest BCUT2D eigenvalue weighted by atomic mass is 79.9. The molecular formula is C13H14BrN3. The van der Waals surface area contributed by atoms with Crippen LogP contribution in [-0.2, 0) is 0 Å². The van der Waals surface area contributed by atoms with Crippen LogP contribution in [0.1, 0.15) is 13.8 Å². The first-order valence-corrected chi connectivity index (χ1v) is 6.50. The molecule has 0 N–H and O–H groups in total. The normalized spacial score (nSPS) is 18.2. The number of hydrogen-bond acceptors (Lipinski definition) is 3. The lowest BCUT2D eigenvalue weighted by atomic mass is 9.85. The van der Waals surface area contributed by atoms with E-state index in [1.54, 1.807) is 0 Å². The van der Waals surface area contributed by atoms with E-state index in [1.807, 2.05) is 24.4 Å². The Kier molecular flexibility index (Phi) is 2.36. The lowest BCUT2D eigenvalue weighted by Crippen LogP contribution is -2.53. The summed E-state index contributed by atoms with van der Waals surface area (Å²) < 4.78 is 1.06. The Morgan fingerprint density at radius 1 is 1.29 bits per heavy atom. The maximum Gasteiger partial charge on any atom is 0.225 e. The summed E-state index contributed by atoms with van der Waals surface area (Å²) in [4.78, 5) is 11.3. The van der Waals surface area contributed by atoms with Gasteiger partial charge in [-0.25, -0.2) is 9.97 Å². The average molecular weight is 292 g/mol. The number of halogens is 1. The van der Waals surface area contributed by atoms with Crippen LogP contribution in [0.25, 0.3) is 10.9 Å². The smallest absolute Gasteiger partial charge is 0.225 e. The number of aromatic nitrogens is 2. The third-order valence-electron chi connectivity index (χ3n) is 3.05. The van der Waals surface area contributed by atoms with E-state index in [0.29, 0.717) is 5.41 Å². The van der Waals surface area contributed by atoms with Crippen molar-refractivity contribution in [3.63, 3.8) is 0 Å². The van der Waals surface area contributed by atoms with E-state index in [9.17, 15) is 0 Å². The van der Waals surface area contributed by atoms with E-state index in [2.05, 4.69) is 44.6 Å². The van der Waals surface area contributed by atoms with Gasteiger partial charge in [0.1, 0.15) is 0 Å². The second kappa shape index (κ2) is 3.67. The number of benzene rings is 1. The average Bonchev–Trinajstić information content (AvgIpc) is 2.25. The Morgan fingerprint density at radius 2 is 2.06 bits per heavy atom. The summed E-state index contributed by atoms with van der Waals surface area (Å²) in [5, 5.41) is 1.07. The molecule has 0 saturated carbocycles.